The summed E-state index contributed by atoms with van der Waals surface area (Å²) >= 11 is 0. The van der Waals surface area contributed by atoms with Crippen molar-refractivity contribution in [1.82, 2.24) is 0 Å². The molecule has 0 aliphatic rings. The summed E-state index contributed by atoms with van der Waals surface area (Å²) in [5.74, 6) is 0. The molecule has 9 heavy (non-hydrogen) atoms. The van der Waals surface area contributed by atoms with Crippen LogP contribution < -0.4 is 74.4 Å². The Hall–Kier alpha value is 3.38. The zero-order chi connectivity index (χ0) is 0. The molecule has 0 nitrogen and oxygen atoms in total. The van der Waals surface area contributed by atoms with E-state index in [0.717, 1.165) is 0 Å². The van der Waals surface area contributed by atoms with Gasteiger partial charge >= 0.3 is 53.0 Å². The van der Waals surface area contributed by atoms with Crippen LogP contribution in [0.25, 0.3) is 0 Å². The molecule has 0 fully saturated rings. The fourth-order valence-corrected chi connectivity index (χ4v) is 0. The van der Waals surface area contributed by atoms with Gasteiger partial charge in [-0.05, 0) is 0 Å². The number of rotatable bonds is 0. The number of halogens is 6. The first kappa shape index (κ1) is 141. The van der Waals surface area contributed by atoms with Gasteiger partial charge in [-0.3, -0.25) is 0 Å². The van der Waals surface area contributed by atoms with E-state index in [2.05, 4.69) is 0 Å². The van der Waals surface area contributed by atoms with Crippen molar-refractivity contribution in [2.75, 3.05) is 0 Å². The standard InChI is InChI=1S/6ClH.Cu.Ni.Zn/h6*1H;;;/q;;;;;;3*+2/p-6. The summed E-state index contributed by atoms with van der Waals surface area (Å²) in [6, 6.07) is 0. The van der Waals surface area contributed by atoms with E-state index < -0.39 is 0 Å². The molecule has 9 heteroatoms. The average molecular weight is 400 g/mol. The third-order valence-electron chi connectivity index (χ3n) is 0. The smallest absolute Gasteiger partial charge is 1.00 e. The van der Waals surface area contributed by atoms with Crippen molar-refractivity contribution in [2.45, 2.75) is 0 Å². The summed E-state index contributed by atoms with van der Waals surface area (Å²) in [4.78, 5) is 0. The van der Waals surface area contributed by atoms with Gasteiger partial charge in [-0.2, -0.15) is 0 Å². The summed E-state index contributed by atoms with van der Waals surface area (Å²) < 4.78 is 0. The molecule has 0 bridgehead atoms. The van der Waals surface area contributed by atoms with Gasteiger partial charge in [0.05, 0.1) is 0 Å². The molecule has 0 aromatic rings. The van der Waals surface area contributed by atoms with Gasteiger partial charge in [0.2, 0.25) is 0 Å². The molecule has 0 aliphatic heterocycles. The molecule has 0 aromatic carbocycles. The molecule has 0 N–H and O–H groups in total. The molecule has 1 radical (unpaired) electrons. The molecule has 0 aromatic heterocycles. The summed E-state index contributed by atoms with van der Waals surface area (Å²) in [7, 11) is 0. The van der Waals surface area contributed by atoms with E-state index in [1.165, 1.54) is 0 Å². The summed E-state index contributed by atoms with van der Waals surface area (Å²) in [5, 5.41) is 0. The molecule has 0 unspecified atom stereocenters. The van der Waals surface area contributed by atoms with E-state index in [1.807, 2.05) is 0 Å². The minimum atomic E-state index is 0. The SMILES string of the molecule is [Cl-].[Cl-].[Cl-].[Cl-].[Cl-].[Cl-].[Cu+2].[Ni+2].[Zn+2]. The van der Waals surface area contributed by atoms with Crippen molar-refractivity contribution in [3.8, 4) is 0 Å². The van der Waals surface area contributed by atoms with Gasteiger partial charge < -0.3 is 74.4 Å². The van der Waals surface area contributed by atoms with Crippen LogP contribution in [0, 0.1) is 0 Å². The quantitative estimate of drug-likeness (QED) is 0.355. The van der Waals surface area contributed by atoms with E-state index >= 15 is 0 Å². The van der Waals surface area contributed by atoms with Gasteiger partial charge in [0.1, 0.15) is 0 Å². The zero-order valence-corrected chi connectivity index (χ0v) is 13.0. The maximum atomic E-state index is 0. The first-order valence-corrected chi connectivity index (χ1v) is 0. The first-order chi connectivity index (χ1) is 0. The Labute approximate surface area is 126 Å². The Morgan fingerprint density at radius 1 is 0.444 bits per heavy atom. The van der Waals surface area contributed by atoms with Crippen LogP contribution in [0.5, 0.6) is 0 Å². The van der Waals surface area contributed by atoms with Crippen LogP contribution in [0.2, 0.25) is 0 Å². The molecule has 0 rings (SSSR count). The van der Waals surface area contributed by atoms with Gasteiger partial charge in [0, 0.05) is 0 Å². The van der Waals surface area contributed by atoms with Crippen LogP contribution in [-0.2, 0) is 53.0 Å². The number of hydrogen-bond acceptors (Lipinski definition) is 0. The van der Waals surface area contributed by atoms with Crippen molar-refractivity contribution < 1.29 is 127 Å². The van der Waals surface area contributed by atoms with Crippen molar-refractivity contribution in [2.24, 2.45) is 0 Å². The van der Waals surface area contributed by atoms with Crippen molar-refractivity contribution >= 4 is 0 Å². The second-order valence-corrected chi connectivity index (χ2v) is 0. The molecule has 0 saturated heterocycles. The molecule has 0 saturated carbocycles. The Morgan fingerprint density at radius 2 is 0.444 bits per heavy atom. The Kier molecular flexibility index (Phi) is 1680. The van der Waals surface area contributed by atoms with Crippen LogP contribution in [0.15, 0.2) is 0 Å². The van der Waals surface area contributed by atoms with E-state index in [-0.39, 0.29) is 127 Å². The van der Waals surface area contributed by atoms with Crippen molar-refractivity contribution in [1.29, 1.82) is 0 Å². The minimum absolute atomic E-state index is 0. The van der Waals surface area contributed by atoms with Gasteiger partial charge in [-0.25, -0.2) is 0 Å². The Morgan fingerprint density at radius 3 is 0.444 bits per heavy atom. The summed E-state index contributed by atoms with van der Waals surface area (Å²) in [5.41, 5.74) is 0. The predicted octanol–water partition coefficient (Wildman–Crippen LogP) is -18.0. The average Bonchev–Trinajstić information content (AvgIpc) is 0. The van der Waals surface area contributed by atoms with Gasteiger partial charge in [-0.15, -0.1) is 0 Å². The van der Waals surface area contributed by atoms with Gasteiger partial charge in [-0.1, -0.05) is 0 Å². The third-order valence-corrected chi connectivity index (χ3v) is 0. The molecule has 0 atom stereocenters. The normalized spacial score (nSPS) is 0. The zero-order valence-electron chi connectivity index (χ0n) is 3.59. The van der Waals surface area contributed by atoms with Crippen molar-refractivity contribution in [3.63, 3.8) is 0 Å². The number of hydrogen-bond donors (Lipinski definition) is 0. The minimum Gasteiger partial charge on any atom is -1.00 e. The Bertz CT molecular complexity index is 13.0. The molecular formula is Cl6CuNiZn. The second kappa shape index (κ2) is 107. The molecule has 0 heterocycles. The van der Waals surface area contributed by atoms with Crippen LogP contribution in [-0.4, -0.2) is 0 Å². The monoisotopic (exact) mass is 395 g/mol. The van der Waals surface area contributed by atoms with Crippen LogP contribution in [0.3, 0.4) is 0 Å². The van der Waals surface area contributed by atoms with Crippen molar-refractivity contribution in [3.05, 3.63) is 0 Å². The maximum absolute atomic E-state index is 0. The molecule has 65 valence electrons. The molecule has 0 aliphatic carbocycles. The predicted molar refractivity (Wildman–Crippen MR) is 0 cm³/mol. The van der Waals surface area contributed by atoms with E-state index in [4.69, 9.17) is 0 Å². The summed E-state index contributed by atoms with van der Waals surface area (Å²) in [6.45, 7) is 0. The van der Waals surface area contributed by atoms with E-state index in [0.29, 0.717) is 0 Å². The topological polar surface area (TPSA) is 0 Å². The largest absolute Gasteiger partial charge is 2.00 e. The fourth-order valence-electron chi connectivity index (χ4n) is 0. The molecule has 0 amide bonds. The molecule has 0 spiro atoms. The van der Waals surface area contributed by atoms with Crippen LogP contribution in [0.4, 0.5) is 0 Å². The van der Waals surface area contributed by atoms with Crippen LogP contribution >= 0.6 is 0 Å². The Balaban J connectivity index is 0. The van der Waals surface area contributed by atoms with E-state index in [1.54, 1.807) is 0 Å². The van der Waals surface area contributed by atoms with Gasteiger partial charge in [0.25, 0.3) is 0 Å². The van der Waals surface area contributed by atoms with Crippen LogP contribution in [0.1, 0.15) is 0 Å². The molecular weight excluding hydrogens is 400 g/mol. The van der Waals surface area contributed by atoms with Gasteiger partial charge in [0.15, 0.2) is 0 Å². The summed E-state index contributed by atoms with van der Waals surface area (Å²) in [6.07, 6.45) is 0. The first-order valence-electron chi connectivity index (χ1n) is 0. The fraction of sp³-hybridized carbons (Fsp3) is 0. The third kappa shape index (κ3) is 87.7. The maximum Gasteiger partial charge on any atom is 2.00 e. The van der Waals surface area contributed by atoms with E-state index in [9.17, 15) is 0 Å². The second-order valence-electron chi connectivity index (χ2n) is 0.